The standard InChI is InChI=1S/C16H24N2O3/c1-17(2)14-7-8-18(10-15(14)20)16(21)9-12-3-5-13(11-19)6-4-12/h3-6,14-15,19-20H,7-11H2,1-2H3/t14-,15-/m0/s1. The first-order chi connectivity index (χ1) is 10.0. The molecule has 2 atom stereocenters. The van der Waals surface area contributed by atoms with Gasteiger partial charge in [-0.3, -0.25) is 4.79 Å². The highest BCUT2D eigenvalue weighted by atomic mass is 16.3. The van der Waals surface area contributed by atoms with E-state index in [9.17, 15) is 9.90 Å². The van der Waals surface area contributed by atoms with Gasteiger partial charge in [-0.1, -0.05) is 24.3 Å². The Hall–Kier alpha value is -1.43. The number of hydrogen-bond donors (Lipinski definition) is 2. The fourth-order valence-electron chi connectivity index (χ4n) is 2.80. The number of benzene rings is 1. The molecule has 1 saturated heterocycles. The molecule has 0 saturated carbocycles. The first-order valence-electron chi connectivity index (χ1n) is 7.32. The minimum atomic E-state index is -0.491. The summed E-state index contributed by atoms with van der Waals surface area (Å²) in [6, 6.07) is 7.52. The third-order valence-corrected chi connectivity index (χ3v) is 4.12. The molecule has 1 aliphatic heterocycles. The van der Waals surface area contributed by atoms with Crippen molar-refractivity contribution in [2.45, 2.75) is 31.6 Å². The summed E-state index contributed by atoms with van der Waals surface area (Å²) >= 11 is 0. The number of likely N-dealkylation sites (tertiary alicyclic amines) is 1. The zero-order valence-electron chi connectivity index (χ0n) is 12.7. The van der Waals surface area contributed by atoms with Crippen molar-refractivity contribution in [1.29, 1.82) is 0 Å². The second kappa shape index (κ2) is 7.02. The predicted octanol–water partition coefficient (Wildman–Crippen LogP) is 0.245. The molecule has 2 N–H and O–H groups in total. The number of carbonyl (C=O) groups is 1. The van der Waals surface area contributed by atoms with Gasteiger partial charge in [0.05, 0.1) is 19.1 Å². The minimum absolute atomic E-state index is 0.0124. The van der Waals surface area contributed by atoms with Crippen LogP contribution in [0.4, 0.5) is 0 Å². The van der Waals surface area contributed by atoms with Gasteiger partial charge in [0.15, 0.2) is 0 Å². The second-order valence-corrected chi connectivity index (χ2v) is 5.88. The smallest absolute Gasteiger partial charge is 0.227 e. The highest BCUT2D eigenvalue weighted by Crippen LogP contribution is 2.16. The Morgan fingerprint density at radius 1 is 1.29 bits per heavy atom. The highest BCUT2D eigenvalue weighted by Gasteiger charge is 2.31. The molecule has 0 bridgehead atoms. The van der Waals surface area contributed by atoms with E-state index in [2.05, 4.69) is 0 Å². The lowest BCUT2D eigenvalue weighted by molar-refractivity contribution is -0.135. The van der Waals surface area contributed by atoms with Crippen LogP contribution in [0.15, 0.2) is 24.3 Å². The van der Waals surface area contributed by atoms with E-state index in [0.717, 1.165) is 17.5 Å². The van der Waals surface area contributed by atoms with Gasteiger partial charge in [-0.2, -0.15) is 0 Å². The fraction of sp³-hybridized carbons (Fsp3) is 0.562. The number of rotatable bonds is 4. The molecule has 5 nitrogen and oxygen atoms in total. The zero-order chi connectivity index (χ0) is 15.4. The summed E-state index contributed by atoms with van der Waals surface area (Å²) < 4.78 is 0. The van der Waals surface area contributed by atoms with Crippen LogP contribution in [0.3, 0.4) is 0 Å². The van der Waals surface area contributed by atoms with Crippen LogP contribution < -0.4 is 0 Å². The van der Waals surface area contributed by atoms with Crippen LogP contribution in [-0.2, 0) is 17.8 Å². The van der Waals surface area contributed by atoms with Gasteiger partial charge in [0.2, 0.25) is 5.91 Å². The zero-order valence-corrected chi connectivity index (χ0v) is 12.7. The van der Waals surface area contributed by atoms with Crippen LogP contribution in [0, 0.1) is 0 Å². The van der Waals surface area contributed by atoms with E-state index in [1.54, 1.807) is 4.90 Å². The Morgan fingerprint density at radius 3 is 2.43 bits per heavy atom. The fourth-order valence-corrected chi connectivity index (χ4v) is 2.80. The maximum atomic E-state index is 12.3. The normalized spacial score (nSPS) is 22.6. The van der Waals surface area contributed by atoms with Gasteiger partial charge in [0, 0.05) is 19.1 Å². The summed E-state index contributed by atoms with van der Waals surface area (Å²) in [6.07, 6.45) is 0.642. The number of carbonyl (C=O) groups excluding carboxylic acids is 1. The lowest BCUT2D eigenvalue weighted by atomic mass is 10.00. The molecule has 2 rings (SSSR count). The molecule has 0 radical (unpaired) electrons. The highest BCUT2D eigenvalue weighted by molar-refractivity contribution is 5.79. The van der Waals surface area contributed by atoms with Gasteiger partial charge in [-0.15, -0.1) is 0 Å². The molecule has 116 valence electrons. The Bertz CT molecular complexity index is 473. The third kappa shape index (κ3) is 4.03. The van der Waals surface area contributed by atoms with Gasteiger partial charge in [0.25, 0.3) is 0 Å². The first kappa shape index (κ1) is 15.9. The van der Waals surface area contributed by atoms with E-state index < -0.39 is 6.10 Å². The number of piperidine rings is 1. The number of aliphatic hydroxyl groups excluding tert-OH is 2. The molecular formula is C16H24N2O3. The Kier molecular flexibility index (Phi) is 5.33. The summed E-state index contributed by atoms with van der Waals surface area (Å²) in [5.41, 5.74) is 1.77. The summed E-state index contributed by atoms with van der Waals surface area (Å²) in [7, 11) is 3.90. The van der Waals surface area contributed by atoms with Crippen LogP contribution in [0.2, 0.25) is 0 Å². The number of likely N-dealkylation sites (N-methyl/N-ethyl adjacent to an activating group) is 1. The molecular weight excluding hydrogens is 268 g/mol. The summed E-state index contributed by atoms with van der Waals surface area (Å²) in [5.74, 6) is 0.0444. The molecule has 21 heavy (non-hydrogen) atoms. The predicted molar refractivity (Wildman–Crippen MR) is 80.7 cm³/mol. The van der Waals surface area contributed by atoms with Gasteiger partial charge < -0.3 is 20.0 Å². The molecule has 1 aliphatic rings. The molecule has 1 aromatic carbocycles. The number of β-amino-alcohol motifs (C(OH)–C–C–N with tert-alkyl or cyclic N) is 1. The summed E-state index contributed by atoms with van der Waals surface area (Å²) in [5, 5.41) is 19.1. The van der Waals surface area contributed by atoms with E-state index in [1.165, 1.54) is 0 Å². The Morgan fingerprint density at radius 2 is 1.90 bits per heavy atom. The van der Waals surface area contributed by atoms with Crippen LogP contribution in [0.25, 0.3) is 0 Å². The number of amides is 1. The SMILES string of the molecule is CN(C)[C@H]1CCN(C(=O)Cc2ccc(CO)cc2)C[C@@H]1O. The van der Waals surface area contributed by atoms with Crippen molar-refractivity contribution in [2.24, 2.45) is 0 Å². The van der Waals surface area contributed by atoms with Crippen LogP contribution in [-0.4, -0.2) is 65.3 Å². The Balaban J connectivity index is 1.92. The molecule has 0 aliphatic carbocycles. The summed E-state index contributed by atoms with van der Waals surface area (Å²) in [6.45, 7) is 1.10. The number of nitrogens with zero attached hydrogens (tertiary/aromatic N) is 2. The van der Waals surface area contributed by atoms with Crippen molar-refractivity contribution in [1.82, 2.24) is 9.80 Å². The maximum Gasteiger partial charge on any atom is 0.227 e. The number of hydrogen-bond acceptors (Lipinski definition) is 4. The minimum Gasteiger partial charge on any atom is -0.392 e. The second-order valence-electron chi connectivity index (χ2n) is 5.88. The lowest BCUT2D eigenvalue weighted by Gasteiger charge is -2.39. The van der Waals surface area contributed by atoms with Crippen molar-refractivity contribution < 1.29 is 15.0 Å². The van der Waals surface area contributed by atoms with Crippen LogP contribution in [0.5, 0.6) is 0 Å². The topological polar surface area (TPSA) is 64.0 Å². The van der Waals surface area contributed by atoms with E-state index in [4.69, 9.17) is 5.11 Å². The molecule has 1 heterocycles. The molecule has 5 heteroatoms. The first-order valence-corrected chi connectivity index (χ1v) is 7.32. The van der Waals surface area contributed by atoms with E-state index >= 15 is 0 Å². The van der Waals surface area contributed by atoms with Gasteiger partial charge >= 0.3 is 0 Å². The Labute approximate surface area is 125 Å². The van der Waals surface area contributed by atoms with Gasteiger partial charge in [-0.05, 0) is 31.6 Å². The average molecular weight is 292 g/mol. The van der Waals surface area contributed by atoms with Crippen molar-refractivity contribution in [2.75, 3.05) is 27.2 Å². The van der Waals surface area contributed by atoms with Gasteiger partial charge in [0.1, 0.15) is 0 Å². The lowest BCUT2D eigenvalue weighted by Crippen LogP contribution is -2.53. The third-order valence-electron chi connectivity index (χ3n) is 4.12. The van der Waals surface area contributed by atoms with Crippen molar-refractivity contribution in [3.63, 3.8) is 0 Å². The maximum absolute atomic E-state index is 12.3. The summed E-state index contributed by atoms with van der Waals surface area (Å²) in [4.78, 5) is 16.1. The average Bonchev–Trinajstić information content (AvgIpc) is 2.47. The molecule has 0 aromatic heterocycles. The van der Waals surface area contributed by atoms with E-state index in [-0.39, 0.29) is 18.6 Å². The monoisotopic (exact) mass is 292 g/mol. The van der Waals surface area contributed by atoms with Gasteiger partial charge in [-0.25, -0.2) is 0 Å². The van der Waals surface area contributed by atoms with Crippen molar-refractivity contribution in [3.05, 3.63) is 35.4 Å². The van der Waals surface area contributed by atoms with E-state index in [1.807, 2.05) is 43.3 Å². The van der Waals surface area contributed by atoms with Crippen molar-refractivity contribution >= 4 is 5.91 Å². The largest absolute Gasteiger partial charge is 0.392 e. The molecule has 1 fully saturated rings. The molecule has 1 aromatic rings. The van der Waals surface area contributed by atoms with Crippen LogP contribution in [0.1, 0.15) is 17.5 Å². The molecule has 0 unspecified atom stereocenters. The quantitative estimate of drug-likeness (QED) is 0.835. The van der Waals surface area contributed by atoms with Crippen molar-refractivity contribution in [3.8, 4) is 0 Å². The molecule has 0 spiro atoms. The van der Waals surface area contributed by atoms with Crippen LogP contribution >= 0.6 is 0 Å². The molecule has 1 amide bonds. The number of aliphatic hydroxyl groups is 2. The van der Waals surface area contributed by atoms with E-state index in [0.29, 0.717) is 19.5 Å².